The molecule has 0 radical (unpaired) electrons. The van der Waals surface area contributed by atoms with E-state index in [2.05, 4.69) is 0 Å². The minimum Gasteiger partial charge on any atom is -0.493 e. The molecular weight excluding hydrogens is 447 g/mol. The molecule has 0 fully saturated rings. The lowest BCUT2D eigenvalue weighted by molar-refractivity contribution is -0.117. The van der Waals surface area contributed by atoms with Crippen LogP contribution in [0.3, 0.4) is 0 Å². The highest BCUT2D eigenvalue weighted by Crippen LogP contribution is 2.33. The molecule has 1 aliphatic rings. The van der Waals surface area contributed by atoms with Crippen molar-refractivity contribution >= 4 is 27.3 Å². The van der Waals surface area contributed by atoms with E-state index in [1.807, 2.05) is 24.3 Å². The van der Waals surface area contributed by atoms with Gasteiger partial charge in [-0.3, -0.25) is 9.10 Å². The Morgan fingerprint density at radius 1 is 1.00 bits per heavy atom. The van der Waals surface area contributed by atoms with Gasteiger partial charge in [-0.25, -0.2) is 12.8 Å². The lowest BCUT2D eigenvalue weighted by atomic mass is 10.2. The number of para-hydroxylation sites is 1. The molecule has 0 saturated carbocycles. The SMILES string of the molecule is COc1ccc(S(=O)(=O)N(CC(=O)N2CCc3ccccc32)c2ccc(F)cc2)cc1OC. The van der Waals surface area contributed by atoms with Crippen LogP contribution in [0.1, 0.15) is 5.56 Å². The second-order valence-corrected chi connectivity index (χ2v) is 9.29. The fourth-order valence-electron chi connectivity index (χ4n) is 3.83. The van der Waals surface area contributed by atoms with Gasteiger partial charge in [0.25, 0.3) is 10.0 Å². The normalized spacial score (nSPS) is 12.9. The summed E-state index contributed by atoms with van der Waals surface area (Å²) in [6, 6.07) is 16.7. The van der Waals surface area contributed by atoms with Gasteiger partial charge in [0.2, 0.25) is 5.91 Å². The molecular formula is C24H23FN2O5S. The van der Waals surface area contributed by atoms with Gasteiger partial charge in [-0.2, -0.15) is 0 Å². The van der Waals surface area contributed by atoms with Gasteiger partial charge in [-0.1, -0.05) is 18.2 Å². The highest BCUT2D eigenvalue weighted by Gasteiger charge is 2.32. The third kappa shape index (κ3) is 4.36. The smallest absolute Gasteiger partial charge is 0.264 e. The molecule has 3 aromatic rings. The molecule has 33 heavy (non-hydrogen) atoms. The van der Waals surface area contributed by atoms with Gasteiger partial charge >= 0.3 is 0 Å². The number of methoxy groups -OCH3 is 2. The quantitative estimate of drug-likeness (QED) is 0.527. The molecule has 7 nitrogen and oxygen atoms in total. The second kappa shape index (κ2) is 9.11. The Kier molecular flexibility index (Phi) is 6.24. The largest absolute Gasteiger partial charge is 0.493 e. The van der Waals surface area contributed by atoms with Crippen LogP contribution in [0, 0.1) is 5.82 Å². The fourth-order valence-corrected chi connectivity index (χ4v) is 5.26. The summed E-state index contributed by atoms with van der Waals surface area (Å²) in [5.41, 5.74) is 1.97. The number of nitrogens with zero attached hydrogens (tertiary/aromatic N) is 2. The minimum absolute atomic E-state index is 0.0842. The van der Waals surface area contributed by atoms with Crippen LogP contribution in [0.15, 0.2) is 71.6 Å². The van der Waals surface area contributed by atoms with Gasteiger partial charge < -0.3 is 14.4 Å². The Morgan fingerprint density at radius 2 is 1.70 bits per heavy atom. The Labute approximate surface area is 192 Å². The van der Waals surface area contributed by atoms with Crippen LogP contribution in [-0.2, 0) is 21.2 Å². The van der Waals surface area contributed by atoms with E-state index in [0.29, 0.717) is 18.7 Å². The topological polar surface area (TPSA) is 76.2 Å². The van der Waals surface area contributed by atoms with Crippen LogP contribution < -0.4 is 18.7 Å². The number of carbonyl (C=O) groups is 1. The zero-order valence-electron chi connectivity index (χ0n) is 18.2. The number of carbonyl (C=O) groups excluding carboxylic acids is 1. The monoisotopic (exact) mass is 470 g/mol. The van der Waals surface area contributed by atoms with E-state index in [0.717, 1.165) is 27.7 Å². The predicted octanol–water partition coefficient (Wildman–Crippen LogP) is 3.63. The standard InChI is InChI=1S/C24H23FN2O5S/c1-31-22-12-11-20(15-23(22)32-2)33(29,30)27(19-9-7-18(25)8-10-19)16-24(28)26-14-13-17-5-3-4-6-21(17)26/h3-12,15H,13-14,16H2,1-2H3. The second-order valence-electron chi connectivity index (χ2n) is 7.43. The highest BCUT2D eigenvalue weighted by atomic mass is 32.2. The van der Waals surface area contributed by atoms with E-state index in [-0.39, 0.29) is 22.2 Å². The van der Waals surface area contributed by atoms with Crippen LogP contribution in [0.4, 0.5) is 15.8 Å². The first-order valence-electron chi connectivity index (χ1n) is 10.2. The van der Waals surface area contributed by atoms with Crippen LogP contribution in [0.2, 0.25) is 0 Å². The van der Waals surface area contributed by atoms with Crippen LogP contribution >= 0.6 is 0 Å². The van der Waals surface area contributed by atoms with Gasteiger partial charge in [0, 0.05) is 18.3 Å². The van der Waals surface area contributed by atoms with Crippen LogP contribution in [-0.4, -0.2) is 41.6 Å². The number of hydrogen-bond donors (Lipinski definition) is 0. The molecule has 3 aromatic carbocycles. The summed E-state index contributed by atoms with van der Waals surface area (Å²) in [4.78, 5) is 14.8. The first kappa shape index (κ1) is 22.6. The zero-order chi connectivity index (χ0) is 23.6. The third-order valence-electron chi connectivity index (χ3n) is 5.52. The van der Waals surface area contributed by atoms with E-state index in [1.165, 1.54) is 44.6 Å². The molecule has 0 unspecified atom stereocenters. The van der Waals surface area contributed by atoms with Gasteiger partial charge in [-0.15, -0.1) is 0 Å². The van der Waals surface area contributed by atoms with Crippen molar-refractivity contribution < 1.29 is 27.1 Å². The van der Waals surface area contributed by atoms with Crippen molar-refractivity contribution in [2.24, 2.45) is 0 Å². The zero-order valence-corrected chi connectivity index (χ0v) is 19.0. The summed E-state index contributed by atoms with van der Waals surface area (Å²) in [5, 5.41) is 0. The summed E-state index contributed by atoms with van der Waals surface area (Å²) in [6.45, 7) is 0.0164. The van der Waals surface area contributed by atoms with Gasteiger partial charge in [-0.05, 0) is 54.4 Å². The first-order chi connectivity index (χ1) is 15.8. The van der Waals surface area contributed by atoms with Crippen LogP contribution in [0.25, 0.3) is 0 Å². The number of fused-ring (bicyclic) bond motifs is 1. The van der Waals surface area contributed by atoms with E-state index in [1.54, 1.807) is 4.90 Å². The van der Waals surface area contributed by atoms with Crippen molar-refractivity contribution in [3.05, 3.63) is 78.1 Å². The predicted molar refractivity (Wildman–Crippen MR) is 123 cm³/mol. The van der Waals surface area contributed by atoms with Crippen molar-refractivity contribution in [1.29, 1.82) is 0 Å². The Balaban J connectivity index is 1.73. The highest BCUT2D eigenvalue weighted by molar-refractivity contribution is 7.92. The number of sulfonamides is 1. The fraction of sp³-hybridized carbons (Fsp3) is 0.208. The molecule has 1 amide bonds. The molecule has 0 saturated heterocycles. The molecule has 9 heteroatoms. The maximum atomic E-state index is 13.6. The maximum Gasteiger partial charge on any atom is 0.264 e. The third-order valence-corrected chi connectivity index (χ3v) is 7.29. The van der Waals surface area contributed by atoms with Gasteiger partial charge in [0.05, 0.1) is 24.8 Å². The summed E-state index contributed by atoms with van der Waals surface area (Å²) < 4.78 is 52.3. The molecule has 4 rings (SSSR count). The molecule has 0 aliphatic carbocycles. The number of rotatable bonds is 7. The summed E-state index contributed by atoms with van der Waals surface area (Å²) >= 11 is 0. The Bertz CT molecular complexity index is 1280. The van der Waals surface area contributed by atoms with E-state index < -0.39 is 22.4 Å². The Hall–Kier alpha value is -3.59. The number of ether oxygens (including phenoxy) is 2. The van der Waals surface area contributed by atoms with Crippen molar-refractivity contribution in [2.45, 2.75) is 11.3 Å². The summed E-state index contributed by atoms with van der Waals surface area (Å²) in [7, 11) is -1.35. The van der Waals surface area contributed by atoms with Crippen molar-refractivity contribution in [2.75, 3.05) is 36.5 Å². The summed E-state index contributed by atoms with van der Waals surface area (Å²) in [6.07, 6.45) is 0.695. The molecule has 0 aromatic heterocycles. The lowest BCUT2D eigenvalue weighted by Gasteiger charge is -2.27. The molecule has 0 N–H and O–H groups in total. The van der Waals surface area contributed by atoms with E-state index >= 15 is 0 Å². The number of hydrogen-bond acceptors (Lipinski definition) is 5. The van der Waals surface area contributed by atoms with Crippen molar-refractivity contribution in [1.82, 2.24) is 0 Å². The molecule has 172 valence electrons. The number of anilines is 2. The molecule has 1 heterocycles. The average Bonchev–Trinajstić information content (AvgIpc) is 3.27. The lowest BCUT2D eigenvalue weighted by Crippen LogP contribution is -2.42. The molecule has 0 bridgehead atoms. The summed E-state index contributed by atoms with van der Waals surface area (Å²) in [5.74, 6) is -0.290. The molecule has 0 atom stereocenters. The Morgan fingerprint density at radius 3 is 2.39 bits per heavy atom. The van der Waals surface area contributed by atoms with Gasteiger partial charge in [0.1, 0.15) is 12.4 Å². The van der Waals surface area contributed by atoms with Crippen LogP contribution in [0.5, 0.6) is 11.5 Å². The number of amides is 1. The van der Waals surface area contributed by atoms with Gasteiger partial charge in [0.15, 0.2) is 11.5 Å². The average molecular weight is 471 g/mol. The maximum absolute atomic E-state index is 13.6. The molecule has 0 spiro atoms. The number of benzene rings is 3. The van der Waals surface area contributed by atoms with E-state index in [4.69, 9.17) is 9.47 Å². The first-order valence-corrected chi connectivity index (χ1v) is 11.7. The molecule has 1 aliphatic heterocycles. The van der Waals surface area contributed by atoms with Crippen molar-refractivity contribution in [3.8, 4) is 11.5 Å². The number of halogens is 1. The minimum atomic E-state index is -4.20. The van der Waals surface area contributed by atoms with Crippen molar-refractivity contribution in [3.63, 3.8) is 0 Å². The van der Waals surface area contributed by atoms with E-state index in [9.17, 15) is 17.6 Å².